The largest absolute Gasteiger partial charge is 0.381 e. The molecule has 0 unspecified atom stereocenters. The zero-order valence-electron chi connectivity index (χ0n) is 17.0. The van der Waals surface area contributed by atoms with Crippen LogP contribution in [0.25, 0.3) is 0 Å². The first-order chi connectivity index (χ1) is 12.5. The van der Waals surface area contributed by atoms with Gasteiger partial charge < -0.3 is 20.3 Å². The van der Waals surface area contributed by atoms with Crippen LogP contribution in [0.5, 0.6) is 0 Å². The second kappa shape index (κ2) is 11.8. The van der Waals surface area contributed by atoms with Gasteiger partial charge in [0.25, 0.3) is 0 Å². The third-order valence-corrected chi connectivity index (χ3v) is 5.24. The lowest BCUT2D eigenvalue weighted by molar-refractivity contribution is -0.00254. The van der Waals surface area contributed by atoms with Crippen LogP contribution >= 0.6 is 24.0 Å². The highest BCUT2D eigenvalue weighted by Gasteiger charge is 2.34. The van der Waals surface area contributed by atoms with Crippen molar-refractivity contribution in [2.24, 2.45) is 4.99 Å². The molecule has 27 heavy (non-hydrogen) atoms. The van der Waals surface area contributed by atoms with Crippen LogP contribution in [0.1, 0.15) is 30.9 Å². The average Bonchev–Trinajstić information content (AvgIpc) is 2.62. The molecule has 1 aromatic rings. The minimum Gasteiger partial charge on any atom is -0.381 e. The molecule has 1 aliphatic heterocycles. The maximum absolute atomic E-state index is 13.2. The second-order valence-electron chi connectivity index (χ2n) is 7.17. The van der Waals surface area contributed by atoms with Gasteiger partial charge in [0.1, 0.15) is 5.82 Å². The molecule has 154 valence electrons. The fraction of sp³-hybridized carbons (Fsp3) is 0.650. The highest BCUT2D eigenvalue weighted by molar-refractivity contribution is 14.0. The normalized spacial score (nSPS) is 16.7. The third-order valence-electron chi connectivity index (χ3n) is 5.24. The topological polar surface area (TPSA) is 48.9 Å². The molecule has 0 saturated carbocycles. The number of hydrogen-bond donors (Lipinski definition) is 2. The first-order valence-electron chi connectivity index (χ1n) is 9.49. The van der Waals surface area contributed by atoms with Gasteiger partial charge in [0.05, 0.1) is 6.54 Å². The van der Waals surface area contributed by atoms with Crippen LogP contribution in [0, 0.1) is 12.7 Å². The van der Waals surface area contributed by atoms with Gasteiger partial charge in [-0.15, -0.1) is 24.0 Å². The Hall–Kier alpha value is -0.930. The van der Waals surface area contributed by atoms with Crippen molar-refractivity contribution in [3.05, 3.63) is 35.1 Å². The summed E-state index contributed by atoms with van der Waals surface area (Å²) in [5, 5.41) is 6.72. The van der Waals surface area contributed by atoms with Crippen LogP contribution in [-0.4, -0.2) is 63.3 Å². The Morgan fingerprint density at radius 2 is 1.96 bits per heavy atom. The summed E-state index contributed by atoms with van der Waals surface area (Å²) in [6.45, 7) is 7.92. The zero-order chi connectivity index (χ0) is 19.0. The fourth-order valence-electron chi connectivity index (χ4n) is 3.32. The van der Waals surface area contributed by atoms with Gasteiger partial charge in [-0.25, -0.2) is 4.39 Å². The standard InChI is InChI=1S/C20H33FN4O.HI/c1-5-22-19(23-11-8-17-6-7-18(21)14-16(17)2)24-15-20(25(3)4)9-12-26-13-10-20;/h6-7,14H,5,8-13,15H2,1-4H3,(H2,22,23,24);1H. The number of hydrogen-bond acceptors (Lipinski definition) is 3. The Bertz CT molecular complexity index is 604. The Labute approximate surface area is 180 Å². The molecule has 0 aromatic heterocycles. The summed E-state index contributed by atoms with van der Waals surface area (Å²) in [5.74, 6) is 0.652. The van der Waals surface area contributed by atoms with Crippen molar-refractivity contribution in [2.45, 2.75) is 38.6 Å². The zero-order valence-corrected chi connectivity index (χ0v) is 19.3. The van der Waals surface area contributed by atoms with Gasteiger partial charge >= 0.3 is 0 Å². The number of ether oxygens (including phenoxy) is 1. The molecule has 0 amide bonds. The Balaban J connectivity index is 0.00000364. The van der Waals surface area contributed by atoms with E-state index in [9.17, 15) is 4.39 Å². The van der Waals surface area contributed by atoms with E-state index in [1.165, 1.54) is 6.07 Å². The highest BCUT2D eigenvalue weighted by Crippen LogP contribution is 2.26. The van der Waals surface area contributed by atoms with E-state index < -0.39 is 0 Å². The Kier molecular flexibility index (Phi) is 10.5. The van der Waals surface area contributed by atoms with E-state index in [4.69, 9.17) is 9.73 Å². The summed E-state index contributed by atoms with van der Waals surface area (Å²) in [4.78, 5) is 7.12. The fourth-order valence-corrected chi connectivity index (χ4v) is 3.32. The van der Waals surface area contributed by atoms with Crippen LogP contribution < -0.4 is 10.6 Å². The van der Waals surface area contributed by atoms with Crippen molar-refractivity contribution in [2.75, 3.05) is 46.9 Å². The number of aliphatic imine (C=N–C) groups is 1. The van der Waals surface area contributed by atoms with Crippen LogP contribution in [0.3, 0.4) is 0 Å². The van der Waals surface area contributed by atoms with Crippen molar-refractivity contribution >= 4 is 29.9 Å². The summed E-state index contributed by atoms with van der Waals surface area (Å²) in [5.41, 5.74) is 2.21. The summed E-state index contributed by atoms with van der Waals surface area (Å²) >= 11 is 0. The number of halogens is 2. The quantitative estimate of drug-likeness (QED) is 0.349. The van der Waals surface area contributed by atoms with Crippen LogP contribution in [0.2, 0.25) is 0 Å². The maximum Gasteiger partial charge on any atom is 0.191 e. The molecule has 1 aromatic carbocycles. The van der Waals surface area contributed by atoms with Crippen LogP contribution in [-0.2, 0) is 11.2 Å². The molecule has 0 bridgehead atoms. The number of nitrogens with one attached hydrogen (secondary N) is 2. The van der Waals surface area contributed by atoms with Gasteiger partial charge in [-0.2, -0.15) is 0 Å². The molecule has 1 fully saturated rings. The number of aryl methyl sites for hydroxylation is 1. The monoisotopic (exact) mass is 492 g/mol. The van der Waals surface area contributed by atoms with E-state index in [1.54, 1.807) is 6.07 Å². The Morgan fingerprint density at radius 1 is 1.26 bits per heavy atom. The molecule has 2 rings (SSSR count). The summed E-state index contributed by atoms with van der Waals surface area (Å²) in [6, 6.07) is 4.97. The lowest BCUT2D eigenvalue weighted by Crippen LogP contribution is -2.51. The van der Waals surface area contributed by atoms with Crippen molar-refractivity contribution in [1.82, 2.24) is 15.5 Å². The molecule has 0 aliphatic carbocycles. The molecule has 0 radical (unpaired) electrons. The van der Waals surface area contributed by atoms with Crippen molar-refractivity contribution < 1.29 is 9.13 Å². The number of likely N-dealkylation sites (N-methyl/N-ethyl adjacent to an activating group) is 1. The smallest absolute Gasteiger partial charge is 0.191 e. The third kappa shape index (κ3) is 7.19. The number of benzene rings is 1. The van der Waals surface area contributed by atoms with E-state index in [0.717, 1.165) is 69.2 Å². The summed E-state index contributed by atoms with van der Waals surface area (Å²) in [7, 11) is 4.25. The predicted molar refractivity (Wildman–Crippen MR) is 121 cm³/mol. The Morgan fingerprint density at radius 3 is 2.56 bits per heavy atom. The summed E-state index contributed by atoms with van der Waals surface area (Å²) < 4.78 is 18.7. The van der Waals surface area contributed by atoms with Crippen molar-refractivity contribution in [3.8, 4) is 0 Å². The minimum atomic E-state index is -0.181. The molecule has 5 nitrogen and oxygen atoms in total. The molecule has 0 spiro atoms. The predicted octanol–water partition coefficient (Wildman–Crippen LogP) is 2.96. The molecular formula is C20H34FIN4O. The first-order valence-corrected chi connectivity index (χ1v) is 9.49. The molecule has 0 atom stereocenters. The van der Waals surface area contributed by atoms with Gasteiger partial charge in [-0.05, 0) is 70.5 Å². The highest BCUT2D eigenvalue weighted by atomic mass is 127. The van der Waals surface area contributed by atoms with Crippen LogP contribution in [0.15, 0.2) is 23.2 Å². The van der Waals surface area contributed by atoms with E-state index in [2.05, 4.69) is 36.6 Å². The van der Waals surface area contributed by atoms with Crippen LogP contribution in [0.4, 0.5) is 4.39 Å². The lowest BCUT2D eigenvalue weighted by atomic mass is 9.89. The number of nitrogens with zero attached hydrogens (tertiary/aromatic N) is 2. The van der Waals surface area contributed by atoms with E-state index in [1.807, 2.05) is 13.0 Å². The first kappa shape index (κ1) is 24.1. The SMILES string of the molecule is CCNC(=NCC1(N(C)C)CCOCC1)NCCc1ccc(F)cc1C.I. The summed E-state index contributed by atoms with van der Waals surface area (Å²) in [6.07, 6.45) is 2.83. The molecule has 1 heterocycles. The number of guanidine groups is 1. The second-order valence-corrected chi connectivity index (χ2v) is 7.17. The van der Waals surface area contributed by atoms with E-state index >= 15 is 0 Å². The molecule has 2 N–H and O–H groups in total. The van der Waals surface area contributed by atoms with Crippen molar-refractivity contribution in [3.63, 3.8) is 0 Å². The molecule has 1 saturated heterocycles. The minimum absolute atomic E-state index is 0. The van der Waals surface area contributed by atoms with E-state index in [0.29, 0.717) is 0 Å². The van der Waals surface area contributed by atoms with Gasteiger partial charge in [0, 0.05) is 31.8 Å². The molecular weight excluding hydrogens is 458 g/mol. The lowest BCUT2D eigenvalue weighted by Gasteiger charge is -2.41. The van der Waals surface area contributed by atoms with Gasteiger partial charge in [-0.3, -0.25) is 4.99 Å². The van der Waals surface area contributed by atoms with Gasteiger partial charge in [0.15, 0.2) is 5.96 Å². The van der Waals surface area contributed by atoms with Gasteiger partial charge in [0.2, 0.25) is 0 Å². The number of rotatable bonds is 7. The van der Waals surface area contributed by atoms with E-state index in [-0.39, 0.29) is 35.3 Å². The maximum atomic E-state index is 13.2. The molecule has 7 heteroatoms. The van der Waals surface area contributed by atoms with Crippen molar-refractivity contribution in [1.29, 1.82) is 0 Å². The molecule has 1 aliphatic rings. The van der Waals surface area contributed by atoms with Gasteiger partial charge in [-0.1, -0.05) is 6.07 Å². The average molecular weight is 492 g/mol.